The molecule has 2 aromatic heterocycles. The Morgan fingerprint density at radius 2 is 1.77 bits per heavy atom. The van der Waals surface area contributed by atoms with E-state index in [0.29, 0.717) is 23.0 Å². The van der Waals surface area contributed by atoms with Crippen LogP contribution in [0.5, 0.6) is 17.2 Å². The summed E-state index contributed by atoms with van der Waals surface area (Å²) in [5, 5.41) is 31.3. The van der Waals surface area contributed by atoms with Crippen molar-refractivity contribution in [3.8, 4) is 17.2 Å². The molecule has 0 saturated carbocycles. The maximum atomic E-state index is 13.1. The minimum atomic E-state index is -0.334. The molecular weight excluding hydrogens is 396 g/mol. The van der Waals surface area contributed by atoms with Crippen LogP contribution >= 0.6 is 0 Å². The molecule has 0 radical (unpaired) electrons. The van der Waals surface area contributed by atoms with Gasteiger partial charge in [0.2, 0.25) is 5.43 Å². The summed E-state index contributed by atoms with van der Waals surface area (Å²) in [5.74, 6) is -0.662. The van der Waals surface area contributed by atoms with E-state index in [0.717, 1.165) is 18.4 Å². The zero-order chi connectivity index (χ0) is 22.3. The first kappa shape index (κ1) is 20.6. The molecule has 0 saturated heterocycles. The lowest BCUT2D eigenvalue weighted by Crippen LogP contribution is -2.00. The highest BCUT2D eigenvalue weighted by atomic mass is 16.5. The molecule has 4 aromatic rings. The second-order valence-corrected chi connectivity index (χ2v) is 8.05. The molecular formula is C25H24O6. The number of phenols is 3. The minimum absolute atomic E-state index is 0.0198. The van der Waals surface area contributed by atoms with Crippen molar-refractivity contribution in [1.82, 2.24) is 0 Å². The molecule has 0 fully saturated rings. The fraction of sp³-hybridized carbons (Fsp3) is 0.240. The van der Waals surface area contributed by atoms with Crippen LogP contribution in [0.25, 0.3) is 33.1 Å². The summed E-state index contributed by atoms with van der Waals surface area (Å²) in [5.41, 5.74) is 2.94. The number of hydrogen-bond acceptors (Lipinski definition) is 6. The number of rotatable bonds is 5. The Bertz CT molecular complexity index is 1430. The van der Waals surface area contributed by atoms with E-state index in [1.54, 1.807) is 0 Å². The number of furan rings is 1. The van der Waals surface area contributed by atoms with Crippen molar-refractivity contribution in [1.29, 1.82) is 0 Å². The number of allylic oxidation sites excluding steroid dienone is 4. The van der Waals surface area contributed by atoms with Gasteiger partial charge < -0.3 is 24.2 Å². The fourth-order valence-corrected chi connectivity index (χ4v) is 3.71. The summed E-state index contributed by atoms with van der Waals surface area (Å²) in [7, 11) is 0. The normalized spacial score (nSPS) is 12.2. The van der Waals surface area contributed by atoms with Crippen LogP contribution in [0.15, 0.2) is 61.2 Å². The average Bonchev–Trinajstić information content (AvgIpc) is 3.05. The molecule has 0 aliphatic heterocycles. The molecule has 6 nitrogen and oxygen atoms in total. The van der Waals surface area contributed by atoms with Gasteiger partial charge in [-0.15, -0.1) is 0 Å². The van der Waals surface area contributed by atoms with Crippen LogP contribution in [0.3, 0.4) is 0 Å². The molecule has 0 atom stereocenters. The van der Waals surface area contributed by atoms with E-state index in [1.165, 1.54) is 29.8 Å². The molecule has 160 valence electrons. The van der Waals surface area contributed by atoms with Crippen LogP contribution < -0.4 is 5.43 Å². The van der Waals surface area contributed by atoms with Crippen molar-refractivity contribution < 1.29 is 24.2 Å². The SMILES string of the molecule is CC(C)=CCC/C(C)=C/Cc1c(O)c(O)cc2c1oc1oc3cc(O)ccc3c(=O)c12. The second-order valence-electron chi connectivity index (χ2n) is 8.05. The Balaban J connectivity index is 1.87. The molecule has 0 amide bonds. The number of benzene rings is 2. The van der Waals surface area contributed by atoms with Crippen LogP contribution in [-0.4, -0.2) is 15.3 Å². The van der Waals surface area contributed by atoms with E-state index in [9.17, 15) is 20.1 Å². The molecule has 2 heterocycles. The summed E-state index contributed by atoms with van der Waals surface area (Å²) < 4.78 is 11.6. The van der Waals surface area contributed by atoms with Gasteiger partial charge in [0.1, 0.15) is 22.3 Å². The van der Waals surface area contributed by atoms with Crippen LogP contribution in [0, 0.1) is 0 Å². The van der Waals surface area contributed by atoms with E-state index in [1.807, 2.05) is 13.0 Å². The lowest BCUT2D eigenvalue weighted by atomic mass is 10.0. The van der Waals surface area contributed by atoms with Gasteiger partial charge in [-0.3, -0.25) is 4.79 Å². The van der Waals surface area contributed by atoms with Crippen molar-refractivity contribution in [2.75, 3.05) is 0 Å². The Kier molecular flexibility index (Phi) is 5.23. The van der Waals surface area contributed by atoms with Gasteiger partial charge in [-0.25, -0.2) is 0 Å². The van der Waals surface area contributed by atoms with Crippen LogP contribution in [0.4, 0.5) is 0 Å². The number of phenolic OH excluding ortho intramolecular Hbond substituents is 3. The summed E-state index contributed by atoms with van der Waals surface area (Å²) in [6, 6.07) is 5.55. The molecule has 31 heavy (non-hydrogen) atoms. The minimum Gasteiger partial charge on any atom is -0.508 e. The third-order valence-corrected chi connectivity index (χ3v) is 5.38. The highest BCUT2D eigenvalue weighted by molar-refractivity contribution is 6.08. The molecule has 0 unspecified atom stereocenters. The molecule has 0 spiro atoms. The largest absolute Gasteiger partial charge is 0.508 e. The van der Waals surface area contributed by atoms with Crippen molar-refractivity contribution in [2.45, 2.75) is 40.0 Å². The van der Waals surface area contributed by atoms with Crippen molar-refractivity contribution in [2.24, 2.45) is 0 Å². The number of hydrogen-bond donors (Lipinski definition) is 3. The summed E-state index contributed by atoms with van der Waals surface area (Å²) in [4.78, 5) is 13.1. The first-order chi connectivity index (χ1) is 14.8. The summed E-state index contributed by atoms with van der Waals surface area (Å²) >= 11 is 0. The maximum Gasteiger partial charge on any atom is 0.302 e. The van der Waals surface area contributed by atoms with E-state index in [2.05, 4.69) is 19.9 Å². The van der Waals surface area contributed by atoms with Gasteiger partial charge >= 0.3 is 5.78 Å². The van der Waals surface area contributed by atoms with Gasteiger partial charge in [-0.1, -0.05) is 23.3 Å². The van der Waals surface area contributed by atoms with Crippen LogP contribution in [0.2, 0.25) is 0 Å². The topological polar surface area (TPSA) is 104 Å². The molecule has 2 aromatic carbocycles. The number of fused-ring (bicyclic) bond motifs is 4. The molecule has 0 aliphatic rings. The van der Waals surface area contributed by atoms with Gasteiger partial charge in [0.15, 0.2) is 11.5 Å². The third kappa shape index (κ3) is 3.77. The Morgan fingerprint density at radius 3 is 2.52 bits per heavy atom. The lowest BCUT2D eigenvalue weighted by molar-refractivity contribution is 0.400. The van der Waals surface area contributed by atoms with Crippen molar-refractivity contribution in [3.63, 3.8) is 0 Å². The average molecular weight is 420 g/mol. The second kappa shape index (κ2) is 7.87. The van der Waals surface area contributed by atoms with E-state index >= 15 is 0 Å². The van der Waals surface area contributed by atoms with Gasteiger partial charge in [-0.05, 0) is 58.2 Å². The van der Waals surface area contributed by atoms with E-state index < -0.39 is 0 Å². The number of aromatic hydroxyl groups is 3. The lowest BCUT2D eigenvalue weighted by Gasteiger charge is -2.06. The van der Waals surface area contributed by atoms with Crippen LogP contribution in [-0.2, 0) is 6.42 Å². The quantitative estimate of drug-likeness (QED) is 0.268. The maximum absolute atomic E-state index is 13.1. The zero-order valence-electron chi connectivity index (χ0n) is 17.7. The summed E-state index contributed by atoms with van der Waals surface area (Å²) in [6.07, 6.45) is 6.27. The van der Waals surface area contributed by atoms with E-state index in [-0.39, 0.29) is 44.8 Å². The Hall–Kier alpha value is -3.67. The van der Waals surface area contributed by atoms with Gasteiger partial charge in [0.25, 0.3) is 0 Å². The standard InChI is InChI=1S/C25H24O6/c1-13(2)5-4-6-14(3)7-9-17-22(28)19(27)12-18-21-23(29)16-10-8-15(26)11-20(16)30-25(21)31-24(17)18/h5,7-8,10-12,26-28H,4,6,9H2,1-3H3/b14-7+. The van der Waals surface area contributed by atoms with Crippen molar-refractivity contribution >= 4 is 33.1 Å². The smallest absolute Gasteiger partial charge is 0.302 e. The third-order valence-electron chi connectivity index (χ3n) is 5.38. The predicted molar refractivity (Wildman–Crippen MR) is 121 cm³/mol. The first-order valence-electron chi connectivity index (χ1n) is 10.1. The molecule has 0 aliphatic carbocycles. The Labute approximate surface area is 178 Å². The molecule has 6 heteroatoms. The predicted octanol–water partition coefficient (Wildman–Crippen LogP) is 6.04. The molecule has 4 rings (SSSR count). The van der Waals surface area contributed by atoms with Crippen LogP contribution in [0.1, 0.15) is 39.2 Å². The van der Waals surface area contributed by atoms with Gasteiger partial charge in [0, 0.05) is 17.0 Å². The first-order valence-corrected chi connectivity index (χ1v) is 10.1. The van der Waals surface area contributed by atoms with Gasteiger partial charge in [-0.2, -0.15) is 0 Å². The zero-order valence-corrected chi connectivity index (χ0v) is 17.7. The highest BCUT2D eigenvalue weighted by Gasteiger charge is 2.22. The fourth-order valence-electron chi connectivity index (χ4n) is 3.71. The van der Waals surface area contributed by atoms with Crippen molar-refractivity contribution in [3.05, 3.63) is 63.4 Å². The highest BCUT2D eigenvalue weighted by Crippen LogP contribution is 2.41. The van der Waals surface area contributed by atoms with Gasteiger partial charge in [0.05, 0.1) is 5.39 Å². The van der Waals surface area contributed by atoms with E-state index in [4.69, 9.17) is 8.83 Å². The molecule has 0 bridgehead atoms. The summed E-state index contributed by atoms with van der Waals surface area (Å²) in [6.45, 7) is 6.13. The Morgan fingerprint density at radius 1 is 1.00 bits per heavy atom. The molecule has 3 N–H and O–H groups in total. The monoisotopic (exact) mass is 420 g/mol.